The van der Waals surface area contributed by atoms with Gasteiger partial charge in [0.05, 0.1) is 19.0 Å². The summed E-state index contributed by atoms with van der Waals surface area (Å²) in [4.78, 5) is 8.87. The van der Waals surface area contributed by atoms with Crippen molar-refractivity contribution in [2.45, 2.75) is 19.8 Å². The molecule has 1 saturated carbocycles. The maximum atomic E-state index is 6.31. The van der Waals surface area contributed by atoms with Crippen LogP contribution in [-0.2, 0) is 7.05 Å². The van der Waals surface area contributed by atoms with Gasteiger partial charge in [-0.05, 0) is 59.7 Å². The molecule has 3 N–H and O–H groups in total. The number of benzene rings is 2. The number of aryl methyl sites for hydroxylation is 2. The third-order valence-electron chi connectivity index (χ3n) is 6.09. The third-order valence-corrected chi connectivity index (χ3v) is 6.36. The number of ether oxygens (including phenoxy) is 1. The van der Waals surface area contributed by atoms with Crippen LogP contribution in [0.1, 0.15) is 24.0 Å². The molecule has 9 heteroatoms. The van der Waals surface area contributed by atoms with Crippen LogP contribution in [0.3, 0.4) is 0 Å². The molecule has 0 unspecified atom stereocenters. The largest absolute Gasteiger partial charge is 0.495 e. The summed E-state index contributed by atoms with van der Waals surface area (Å²) in [5.41, 5.74) is 8.03. The fraction of sp³-hybridized carbons (Fsp3) is 0.222. The summed E-state index contributed by atoms with van der Waals surface area (Å²) in [7, 11) is 5.48. The minimum Gasteiger partial charge on any atom is -0.495 e. The highest BCUT2D eigenvalue weighted by Gasteiger charge is 2.18. The van der Waals surface area contributed by atoms with Gasteiger partial charge < -0.3 is 20.7 Å². The van der Waals surface area contributed by atoms with Crippen molar-refractivity contribution in [2.75, 3.05) is 24.8 Å². The monoisotopic (exact) mass is 501 g/mol. The van der Waals surface area contributed by atoms with Crippen molar-refractivity contribution in [3.05, 3.63) is 76.6 Å². The first kappa shape index (κ1) is 23.7. The van der Waals surface area contributed by atoms with Crippen LogP contribution in [0.5, 0.6) is 5.75 Å². The molecule has 0 atom stereocenters. The fourth-order valence-corrected chi connectivity index (χ4v) is 4.30. The molecule has 0 radical (unpaired) electrons. The predicted molar refractivity (Wildman–Crippen MR) is 145 cm³/mol. The quantitative estimate of drug-likeness (QED) is 0.270. The Hall–Kier alpha value is -4.04. The smallest absolute Gasteiger partial charge is 0.229 e. The molecule has 1 fully saturated rings. The number of nitrogens with zero attached hydrogens (tertiary/aromatic N) is 4. The van der Waals surface area contributed by atoms with Crippen molar-refractivity contribution in [3.8, 4) is 16.9 Å². The molecular weight excluding hydrogens is 474 g/mol. The number of allylic oxidation sites excluding steroid dienone is 1. The van der Waals surface area contributed by atoms with Gasteiger partial charge >= 0.3 is 0 Å². The molecule has 1 aliphatic rings. The average Bonchev–Trinajstić information content (AvgIpc) is 3.63. The summed E-state index contributed by atoms with van der Waals surface area (Å²) in [5, 5.41) is 14.4. The highest BCUT2D eigenvalue weighted by Crippen LogP contribution is 2.38. The van der Waals surface area contributed by atoms with Crippen molar-refractivity contribution in [3.63, 3.8) is 0 Å². The van der Waals surface area contributed by atoms with E-state index in [1.165, 1.54) is 29.7 Å². The Labute approximate surface area is 215 Å². The molecule has 0 bridgehead atoms. The fourth-order valence-electron chi connectivity index (χ4n) is 4.16. The van der Waals surface area contributed by atoms with Gasteiger partial charge in [-0.15, -0.1) is 0 Å². The van der Waals surface area contributed by atoms with E-state index in [0.29, 0.717) is 28.4 Å². The van der Waals surface area contributed by atoms with Crippen LogP contribution in [0.2, 0.25) is 5.02 Å². The van der Waals surface area contributed by atoms with Crippen LogP contribution in [0, 0.1) is 6.92 Å². The molecule has 0 amide bonds. The van der Waals surface area contributed by atoms with Gasteiger partial charge in [-0.25, -0.2) is 4.98 Å². The van der Waals surface area contributed by atoms with Crippen LogP contribution < -0.4 is 20.7 Å². The first-order chi connectivity index (χ1) is 17.4. The lowest BCUT2D eigenvalue weighted by Gasteiger charge is -2.16. The Kier molecular flexibility index (Phi) is 6.52. The summed E-state index contributed by atoms with van der Waals surface area (Å²) >= 11 is 6.31. The number of anilines is 4. The Morgan fingerprint density at radius 1 is 1.08 bits per heavy atom. The molecule has 0 saturated heterocycles. The molecule has 2 aromatic heterocycles. The Bertz CT molecular complexity index is 1440. The van der Waals surface area contributed by atoms with Gasteiger partial charge in [0.1, 0.15) is 10.8 Å². The molecular formula is C27H28ClN7O. The van der Waals surface area contributed by atoms with E-state index in [4.69, 9.17) is 16.3 Å². The Balaban J connectivity index is 1.40. The van der Waals surface area contributed by atoms with Crippen molar-refractivity contribution < 1.29 is 4.74 Å². The number of halogens is 1. The SMILES string of the molecule is CNC(=C1CC1)c1ccc(-c2cc(OC)c(Nc3ncc(Cl)c(Nc4ccn(C)n4)n3)cc2C)cc1. The summed E-state index contributed by atoms with van der Waals surface area (Å²) in [5.74, 6) is 2.18. The number of hydrogen-bond donors (Lipinski definition) is 3. The van der Waals surface area contributed by atoms with Gasteiger partial charge in [-0.2, -0.15) is 10.1 Å². The number of hydrogen-bond acceptors (Lipinski definition) is 7. The van der Waals surface area contributed by atoms with Gasteiger partial charge in [0.25, 0.3) is 0 Å². The van der Waals surface area contributed by atoms with Crippen LogP contribution in [0.15, 0.2) is 60.4 Å². The lowest BCUT2D eigenvalue weighted by atomic mass is 9.97. The zero-order chi connectivity index (χ0) is 25.2. The van der Waals surface area contributed by atoms with Crippen molar-refractivity contribution in [2.24, 2.45) is 7.05 Å². The van der Waals surface area contributed by atoms with E-state index in [9.17, 15) is 0 Å². The average molecular weight is 502 g/mol. The zero-order valence-corrected chi connectivity index (χ0v) is 21.4. The number of aromatic nitrogens is 4. The van der Waals surface area contributed by atoms with Gasteiger partial charge in [-0.3, -0.25) is 4.68 Å². The van der Waals surface area contributed by atoms with E-state index in [1.54, 1.807) is 18.0 Å². The molecule has 2 heterocycles. The molecule has 184 valence electrons. The first-order valence-electron chi connectivity index (χ1n) is 11.7. The van der Waals surface area contributed by atoms with Crippen molar-refractivity contribution >= 4 is 40.6 Å². The van der Waals surface area contributed by atoms with E-state index < -0.39 is 0 Å². The van der Waals surface area contributed by atoms with Gasteiger partial charge in [0.15, 0.2) is 11.6 Å². The lowest BCUT2D eigenvalue weighted by Crippen LogP contribution is -2.04. The Morgan fingerprint density at radius 3 is 2.50 bits per heavy atom. The normalized spacial score (nSPS) is 12.3. The molecule has 0 spiro atoms. The summed E-state index contributed by atoms with van der Waals surface area (Å²) in [6, 6.07) is 14.6. The standard InChI is InChI=1S/C27H28ClN7O/c1-16-13-22(31-27-30-15-21(28)26(33-27)32-24-11-12-35(3)34-24)23(36-4)14-20(16)17-5-7-18(8-6-17)25(29-2)19-9-10-19/h5-8,11-15,29H,9-10H2,1-4H3,(H2,30,31,32,33,34). The summed E-state index contributed by atoms with van der Waals surface area (Å²) < 4.78 is 7.41. The third kappa shape index (κ3) is 4.99. The van der Waals surface area contributed by atoms with Crippen LogP contribution in [-0.4, -0.2) is 33.9 Å². The van der Waals surface area contributed by atoms with Crippen LogP contribution in [0.4, 0.5) is 23.3 Å². The van der Waals surface area contributed by atoms with Crippen LogP contribution >= 0.6 is 11.6 Å². The summed E-state index contributed by atoms with van der Waals surface area (Å²) in [6.45, 7) is 2.08. The van der Waals surface area contributed by atoms with Crippen LogP contribution in [0.25, 0.3) is 16.8 Å². The second kappa shape index (κ2) is 9.91. The molecule has 0 aliphatic heterocycles. The van der Waals surface area contributed by atoms with E-state index in [2.05, 4.69) is 62.2 Å². The molecule has 1 aliphatic carbocycles. The van der Waals surface area contributed by atoms with E-state index in [1.807, 2.05) is 38.5 Å². The minimum atomic E-state index is 0.389. The molecule has 36 heavy (non-hydrogen) atoms. The summed E-state index contributed by atoms with van der Waals surface area (Å²) in [6.07, 6.45) is 5.75. The van der Waals surface area contributed by atoms with Crippen molar-refractivity contribution in [1.29, 1.82) is 0 Å². The highest BCUT2D eigenvalue weighted by atomic mass is 35.5. The Morgan fingerprint density at radius 2 is 1.86 bits per heavy atom. The van der Waals surface area contributed by atoms with Gasteiger partial charge in [0, 0.05) is 32.1 Å². The van der Waals surface area contributed by atoms with Crippen molar-refractivity contribution in [1.82, 2.24) is 25.1 Å². The molecule has 5 rings (SSSR count). The number of rotatable bonds is 8. The highest BCUT2D eigenvalue weighted by molar-refractivity contribution is 6.32. The lowest BCUT2D eigenvalue weighted by molar-refractivity contribution is 0.417. The van der Waals surface area contributed by atoms with E-state index in [0.717, 1.165) is 22.4 Å². The topological polar surface area (TPSA) is 88.9 Å². The maximum Gasteiger partial charge on any atom is 0.229 e. The number of methoxy groups -OCH3 is 1. The first-order valence-corrected chi connectivity index (χ1v) is 12.1. The van der Waals surface area contributed by atoms with E-state index >= 15 is 0 Å². The molecule has 8 nitrogen and oxygen atoms in total. The maximum absolute atomic E-state index is 6.31. The molecule has 4 aromatic rings. The van der Waals surface area contributed by atoms with Gasteiger partial charge in [0.2, 0.25) is 5.95 Å². The second-order valence-electron chi connectivity index (χ2n) is 8.69. The van der Waals surface area contributed by atoms with Gasteiger partial charge in [-0.1, -0.05) is 35.9 Å². The molecule has 2 aromatic carbocycles. The minimum absolute atomic E-state index is 0.389. The second-order valence-corrected chi connectivity index (χ2v) is 9.10. The zero-order valence-electron chi connectivity index (χ0n) is 20.7. The predicted octanol–water partition coefficient (Wildman–Crippen LogP) is 6.06. The van der Waals surface area contributed by atoms with E-state index in [-0.39, 0.29) is 0 Å². The number of nitrogens with one attached hydrogen (secondary N) is 3.